The normalized spacial score (nSPS) is 16.9. The highest BCUT2D eigenvalue weighted by Gasteiger charge is 2.38. The number of nitrogens with zero attached hydrogens (tertiary/aromatic N) is 3. The Morgan fingerprint density at radius 3 is 2.13 bits per heavy atom. The van der Waals surface area contributed by atoms with Crippen LogP contribution in [0.3, 0.4) is 0 Å². The van der Waals surface area contributed by atoms with Crippen molar-refractivity contribution in [3.8, 4) is 11.4 Å². The third kappa shape index (κ3) is 4.96. The van der Waals surface area contributed by atoms with E-state index in [-0.39, 0.29) is 11.2 Å². The van der Waals surface area contributed by atoms with E-state index < -0.39 is 17.3 Å². The molecule has 7 nitrogen and oxygen atoms in total. The SMILES string of the molecule is COC(=O)c1ccc([C@H]2Nn3c(nnc3-c3ccc(C(C)(C)C)cc3)S[C@@H]2C(=O)c2ccc(C)cc2)cc1. The molecule has 8 heteroatoms. The molecule has 0 aliphatic carbocycles. The maximum absolute atomic E-state index is 13.7. The minimum atomic E-state index is -0.491. The number of hydrogen-bond acceptors (Lipinski definition) is 7. The number of Topliss-reactive ketones (excluding diaryl/α,β-unsaturated/α-hetero) is 1. The molecule has 0 radical (unpaired) electrons. The predicted molar refractivity (Wildman–Crippen MR) is 149 cm³/mol. The van der Waals surface area contributed by atoms with Crippen LogP contribution in [0.4, 0.5) is 0 Å². The molecule has 2 atom stereocenters. The molecule has 2 heterocycles. The van der Waals surface area contributed by atoms with Crippen LogP contribution in [0.25, 0.3) is 11.4 Å². The number of esters is 1. The fourth-order valence-corrected chi connectivity index (χ4v) is 5.59. The Morgan fingerprint density at radius 2 is 1.53 bits per heavy atom. The summed E-state index contributed by atoms with van der Waals surface area (Å²) in [5.74, 6) is 0.261. The average molecular weight is 527 g/mol. The first kappa shape index (κ1) is 25.7. The number of aryl methyl sites for hydroxylation is 1. The molecule has 0 saturated heterocycles. The predicted octanol–water partition coefficient (Wildman–Crippen LogP) is 5.98. The maximum atomic E-state index is 13.7. The van der Waals surface area contributed by atoms with Crippen LogP contribution in [0.5, 0.6) is 0 Å². The quantitative estimate of drug-likeness (QED) is 0.253. The Kier molecular flexibility index (Phi) is 6.84. The summed E-state index contributed by atoms with van der Waals surface area (Å²) in [6.07, 6.45) is 0. The second-order valence-electron chi connectivity index (χ2n) is 10.5. The van der Waals surface area contributed by atoms with Crippen LogP contribution in [0.2, 0.25) is 0 Å². The van der Waals surface area contributed by atoms with Crippen LogP contribution >= 0.6 is 11.8 Å². The van der Waals surface area contributed by atoms with Gasteiger partial charge in [0.1, 0.15) is 5.25 Å². The zero-order chi connectivity index (χ0) is 27.0. The fraction of sp³-hybridized carbons (Fsp3) is 0.267. The van der Waals surface area contributed by atoms with Gasteiger partial charge in [0.05, 0.1) is 18.7 Å². The molecule has 3 aromatic carbocycles. The fourth-order valence-electron chi connectivity index (χ4n) is 4.44. The Bertz CT molecular complexity index is 1470. The lowest BCUT2D eigenvalue weighted by Gasteiger charge is -2.33. The zero-order valence-electron chi connectivity index (χ0n) is 22.1. The molecule has 0 bridgehead atoms. The summed E-state index contributed by atoms with van der Waals surface area (Å²) in [6, 6.07) is 22.7. The van der Waals surface area contributed by atoms with E-state index in [2.05, 4.69) is 48.5 Å². The van der Waals surface area contributed by atoms with Gasteiger partial charge in [-0.05, 0) is 35.6 Å². The van der Waals surface area contributed by atoms with E-state index >= 15 is 0 Å². The van der Waals surface area contributed by atoms with E-state index in [0.29, 0.717) is 22.1 Å². The molecule has 1 aliphatic heterocycles. The second kappa shape index (κ2) is 10.1. The van der Waals surface area contributed by atoms with Gasteiger partial charge in [0.25, 0.3) is 0 Å². The largest absolute Gasteiger partial charge is 0.465 e. The molecule has 1 N–H and O–H groups in total. The minimum absolute atomic E-state index is 0.00475. The van der Waals surface area contributed by atoms with E-state index in [9.17, 15) is 9.59 Å². The van der Waals surface area contributed by atoms with Crippen molar-refractivity contribution in [3.63, 3.8) is 0 Å². The van der Waals surface area contributed by atoms with E-state index in [4.69, 9.17) is 4.74 Å². The first-order chi connectivity index (χ1) is 18.2. The molecule has 0 saturated carbocycles. The Labute approximate surface area is 226 Å². The van der Waals surface area contributed by atoms with Gasteiger partial charge >= 0.3 is 5.97 Å². The number of carbonyl (C=O) groups is 2. The molecular formula is C30H30N4O3S. The van der Waals surface area contributed by atoms with Gasteiger partial charge in [0, 0.05) is 11.1 Å². The van der Waals surface area contributed by atoms with Crippen LogP contribution in [0.1, 0.15) is 64.2 Å². The van der Waals surface area contributed by atoms with Crippen LogP contribution in [-0.4, -0.2) is 39.0 Å². The molecule has 38 heavy (non-hydrogen) atoms. The summed E-state index contributed by atoms with van der Waals surface area (Å²) < 4.78 is 6.70. The molecule has 5 rings (SSSR count). The summed E-state index contributed by atoms with van der Waals surface area (Å²) in [5.41, 5.74) is 8.75. The summed E-state index contributed by atoms with van der Waals surface area (Å²) in [7, 11) is 1.36. The number of thioether (sulfide) groups is 1. The first-order valence-corrected chi connectivity index (χ1v) is 13.3. The van der Waals surface area contributed by atoms with Gasteiger partial charge in [-0.3, -0.25) is 4.79 Å². The van der Waals surface area contributed by atoms with Crippen molar-refractivity contribution in [1.29, 1.82) is 0 Å². The lowest BCUT2D eigenvalue weighted by Crippen LogP contribution is -2.39. The number of methoxy groups -OCH3 is 1. The molecule has 194 valence electrons. The monoisotopic (exact) mass is 526 g/mol. The van der Waals surface area contributed by atoms with Crippen LogP contribution in [0.15, 0.2) is 78.0 Å². The molecular weight excluding hydrogens is 496 g/mol. The number of nitrogens with one attached hydrogen (secondary N) is 1. The molecule has 4 aromatic rings. The first-order valence-electron chi connectivity index (χ1n) is 12.4. The Hall–Kier alpha value is -3.91. The van der Waals surface area contributed by atoms with Crippen molar-refractivity contribution in [2.45, 2.75) is 49.6 Å². The number of aromatic nitrogens is 3. The van der Waals surface area contributed by atoms with Crippen molar-refractivity contribution < 1.29 is 14.3 Å². The van der Waals surface area contributed by atoms with Gasteiger partial charge in [-0.25, -0.2) is 9.47 Å². The highest BCUT2D eigenvalue weighted by molar-refractivity contribution is 8.00. The van der Waals surface area contributed by atoms with Gasteiger partial charge in [-0.1, -0.05) is 98.8 Å². The number of rotatable bonds is 5. The van der Waals surface area contributed by atoms with Crippen molar-refractivity contribution in [1.82, 2.24) is 14.9 Å². The molecule has 0 amide bonds. The molecule has 1 aromatic heterocycles. The summed E-state index contributed by atoms with van der Waals surface area (Å²) in [6.45, 7) is 8.54. The Balaban J connectivity index is 1.53. The number of ether oxygens (including phenoxy) is 1. The minimum Gasteiger partial charge on any atom is -0.465 e. The van der Waals surface area contributed by atoms with E-state index in [1.807, 2.05) is 60.1 Å². The number of ketones is 1. The van der Waals surface area contributed by atoms with Crippen molar-refractivity contribution in [3.05, 3.63) is 101 Å². The Morgan fingerprint density at radius 1 is 0.895 bits per heavy atom. The van der Waals surface area contributed by atoms with Gasteiger partial charge in [0.2, 0.25) is 5.16 Å². The number of carbonyl (C=O) groups excluding carboxylic acids is 2. The second-order valence-corrected chi connectivity index (χ2v) is 11.6. The zero-order valence-corrected chi connectivity index (χ0v) is 22.9. The highest BCUT2D eigenvalue weighted by atomic mass is 32.2. The number of benzene rings is 3. The molecule has 0 unspecified atom stereocenters. The lowest BCUT2D eigenvalue weighted by molar-refractivity contribution is 0.0600. The number of hydrogen-bond donors (Lipinski definition) is 1. The van der Waals surface area contributed by atoms with Crippen LogP contribution < -0.4 is 5.43 Å². The standard InChI is InChI=1S/C30H30N4O3S/c1-18-6-8-20(9-7-18)25(35)26-24(19-10-12-22(13-11-19)28(36)37-5)33-34-27(31-32-29(34)38-26)21-14-16-23(17-15-21)30(2,3)4/h6-17,24,26,33H,1-5H3/t24-,26+/m1/s1. The summed E-state index contributed by atoms with van der Waals surface area (Å²) >= 11 is 1.39. The summed E-state index contributed by atoms with van der Waals surface area (Å²) in [4.78, 5) is 25.7. The van der Waals surface area contributed by atoms with E-state index in [1.54, 1.807) is 12.1 Å². The van der Waals surface area contributed by atoms with Crippen molar-refractivity contribution in [2.75, 3.05) is 12.5 Å². The lowest BCUT2D eigenvalue weighted by atomic mass is 9.87. The number of fused-ring (bicyclic) bond motifs is 1. The maximum Gasteiger partial charge on any atom is 0.337 e. The van der Waals surface area contributed by atoms with Crippen molar-refractivity contribution >= 4 is 23.5 Å². The van der Waals surface area contributed by atoms with E-state index in [0.717, 1.165) is 16.7 Å². The third-order valence-electron chi connectivity index (χ3n) is 6.73. The van der Waals surface area contributed by atoms with Gasteiger partial charge in [-0.2, -0.15) is 0 Å². The van der Waals surface area contributed by atoms with Gasteiger partial charge in [-0.15, -0.1) is 10.2 Å². The van der Waals surface area contributed by atoms with Gasteiger partial charge in [0.15, 0.2) is 11.6 Å². The topological polar surface area (TPSA) is 86.1 Å². The van der Waals surface area contributed by atoms with Crippen molar-refractivity contribution in [2.24, 2.45) is 0 Å². The van der Waals surface area contributed by atoms with E-state index in [1.165, 1.54) is 24.4 Å². The molecule has 0 spiro atoms. The third-order valence-corrected chi connectivity index (χ3v) is 7.95. The van der Waals surface area contributed by atoms with Crippen LogP contribution in [0, 0.1) is 6.92 Å². The summed E-state index contributed by atoms with van der Waals surface area (Å²) in [5, 5.41) is 9.02. The molecule has 0 fully saturated rings. The van der Waals surface area contributed by atoms with Crippen LogP contribution in [-0.2, 0) is 10.2 Å². The average Bonchev–Trinajstić information content (AvgIpc) is 3.34. The smallest absolute Gasteiger partial charge is 0.337 e. The molecule has 1 aliphatic rings. The highest BCUT2D eigenvalue weighted by Crippen LogP contribution is 2.40. The van der Waals surface area contributed by atoms with Gasteiger partial charge < -0.3 is 10.2 Å².